The molecule has 0 amide bonds. The fraction of sp³-hybridized carbons (Fsp3) is 0.333. The predicted molar refractivity (Wildman–Crippen MR) is 69.2 cm³/mol. The Morgan fingerprint density at radius 1 is 1.11 bits per heavy atom. The van der Waals surface area contributed by atoms with Crippen LogP contribution in [-0.4, -0.2) is 28.7 Å². The van der Waals surface area contributed by atoms with Crippen molar-refractivity contribution in [3.05, 3.63) is 23.9 Å². The average molecular weight is 248 g/mol. The van der Waals surface area contributed by atoms with Gasteiger partial charge in [0.15, 0.2) is 0 Å². The van der Waals surface area contributed by atoms with Gasteiger partial charge in [-0.15, -0.1) is 10.3 Å². The Morgan fingerprint density at radius 3 is 2.56 bits per heavy atom. The minimum Gasteiger partial charge on any atom is -0.397 e. The number of hydrogen-bond acceptors (Lipinski definition) is 6. The van der Waals surface area contributed by atoms with Crippen LogP contribution >= 0.6 is 0 Å². The summed E-state index contributed by atoms with van der Waals surface area (Å²) in [7, 11) is 0. The van der Waals surface area contributed by atoms with Crippen LogP contribution in [0.15, 0.2) is 18.3 Å². The highest BCUT2D eigenvalue weighted by Crippen LogP contribution is 2.39. The van der Waals surface area contributed by atoms with Gasteiger partial charge in [-0.3, -0.25) is 10.4 Å². The van der Waals surface area contributed by atoms with E-state index in [1.807, 2.05) is 6.07 Å². The molecule has 0 spiro atoms. The zero-order chi connectivity index (χ0) is 12.7. The van der Waals surface area contributed by atoms with E-state index in [1.54, 1.807) is 12.1 Å². The molecule has 2 heterocycles. The molecule has 0 radical (unpaired) electrons. The number of fused-ring (bicyclic) bond motifs is 1. The van der Waals surface area contributed by atoms with Crippen molar-refractivity contribution in [2.75, 3.05) is 28.9 Å². The number of hydrogen-bond donors (Lipinski definition) is 3. The molecular weight excluding hydrogens is 232 g/mol. The van der Waals surface area contributed by atoms with Crippen LogP contribution in [0.5, 0.6) is 0 Å². The zero-order valence-electron chi connectivity index (χ0n) is 9.95. The maximum atomic E-state index is 9.84. The van der Waals surface area contributed by atoms with Crippen LogP contribution in [0, 0.1) is 0 Å². The third kappa shape index (κ3) is 1.58. The molecule has 6 heteroatoms. The molecule has 0 aromatic heterocycles. The van der Waals surface area contributed by atoms with Gasteiger partial charge in [0, 0.05) is 24.3 Å². The minimum absolute atomic E-state index is 0.421. The lowest BCUT2D eigenvalue weighted by molar-refractivity contribution is -0.122. The summed E-state index contributed by atoms with van der Waals surface area (Å²) in [5.41, 5.74) is 8.60. The van der Waals surface area contributed by atoms with E-state index in [4.69, 9.17) is 5.73 Å². The Kier molecular flexibility index (Phi) is 2.53. The van der Waals surface area contributed by atoms with E-state index in [2.05, 4.69) is 4.90 Å². The second-order valence-electron chi connectivity index (χ2n) is 4.56. The fourth-order valence-corrected chi connectivity index (χ4v) is 2.54. The number of benzene rings is 1. The van der Waals surface area contributed by atoms with Crippen LogP contribution < -0.4 is 15.8 Å². The largest absolute Gasteiger partial charge is 0.397 e. The van der Waals surface area contributed by atoms with Gasteiger partial charge < -0.3 is 10.6 Å². The highest BCUT2D eigenvalue weighted by atomic mass is 16.7. The van der Waals surface area contributed by atoms with Crippen molar-refractivity contribution >= 4 is 23.1 Å². The molecule has 6 nitrogen and oxygen atoms in total. The molecule has 18 heavy (non-hydrogen) atoms. The first-order valence-electron chi connectivity index (χ1n) is 6.01. The van der Waals surface area contributed by atoms with Crippen molar-refractivity contribution in [1.29, 1.82) is 0 Å². The molecule has 2 aliphatic heterocycles. The number of nitrogens with two attached hydrogens (primary N) is 1. The molecule has 2 aliphatic rings. The predicted octanol–water partition coefficient (Wildman–Crippen LogP) is 1.66. The summed E-state index contributed by atoms with van der Waals surface area (Å²) in [6.07, 6.45) is 5.50. The normalized spacial score (nSPS) is 18.4. The number of nitrogen functional groups attached to an aromatic ring is 1. The van der Waals surface area contributed by atoms with Crippen LogP contribution in [0.3, 0.4) is 0 Å². The van der Waals surface area contributed by atoms with Crippen LogP contribution in [0.1, 0.15) is 18.4 Å². The molecule has 1 aromatic carbocycles. The van der Waals surface area contributed by atoms with Gasteiger partial charge in [-0.05, 0) is 31.1 Å². The summed E-state index contributed by atoms with van der Waals surface area (Å²) in [4.78, 5) is 2.27. The smallest absolute Gasteiger partial charge is 0.122 e. The average Bonchev–Trinajstić information content (AvgIpc) is 2.87. The molecule has 1 saturated heterocycles. The van der Waals surface area contributed by atoms with E-state index >= 15 is 0 Å². The first-order chi connectivity index (χ1) is 8.68. The van der Waals surface area contributed by atoms with Gasteiger partial charge in [0.2, 0.25) is 0 Å². The Bertz CT molecular complexity index is 497. The SMILES string of the molecule is Nc1ccc(N2CCCC2)c2c1N(O)N(O)C=C2. The first kappa shape index (κ1) is 11.2. The van der Waals surface area contributed by atoms with Gasteiger partial charge >= 0.3 is 0 Å². The molecule has 1 aromatic rings. The first-order valence-corrected chi connectivity index (χ1v) is 6.01. The maximum absolute atomic E-state index is 9.84. The second kappa shape index (κ2) is 4.08. The molecule has 0 aliphatic carbocycles. The molecular formula is C12H16N4O2. The Morgan fingerprint density at radius 2 is 1.83 bits per heavy atom. The van der Waals surface area contributed by atoms with E-state index in [9.17, 15) is 10.4 Å². The maximum Gasteiger partial charge on any atom is 0.122 e. The lowest BCUT2D eigenvalue weighted by atomic mass is 10.1. The van der Waals surface area contributed by atoms with E-state index in [0.717, 1.165) is 24.3 Å². The molecule has 0 saturated carbocycles. The van der Waals surface area contributed by atoms with Gasteiger partial charge in [-0.2, -0.15) is 0 Å². The number of anilines is 3. The highest BCUT2D eigenvalue weighted by molar-refractivity contribution is 5.87. The molecule has 0 bridgehead atoms. The van der Waals surface area contributed by atoms with Gasteiger partial charge in [0.25, 0.3) is 0 Å². The van der Waals surface area contributed by atoms with Gasteiger partial charge in [-0.1, -0.05) is 0 Å². The number of hydrazine groups is 1. The Balaban J connectivity index is 2.12. The summed E-state index contributed by atoms with van der Waals surface area (Å²) >= 11 is 0. The quantitative estimate of drug-likeness (QED) is 0.656. The third-order valence-electron chi connectivity index (χ3n) is 3.44. The molecule has 0 unspecified atom stereocenters. The summed E-state index contributed by atoms with van der Waals surface area (Å²) in [6.45, 7) is 2.02. The lowest BCUT2D eigenvalue weighted by Crippen LogP contribution is -2.37. The van der Waals surface area contributed by atoms with Crippen LogP contribution in [0.25, 0.3) is 6.08 Å². The van der Waals surface area contributed by atoms with Crippen molar-refractivity contribution in [3.63, 3.8) is 0 Å². The molecule has 1 fully saturated rings. The third-order valence-corrected chi connectivity index (χ3v) is 3.44. The standard InChI is InChI=1S/C12H16N4O2/c13-10-3-4-11(14-6-1-2-7-14)9-5-8-15(17)16(18)12(9)10/h3-5,8,17-18H,1-2,6-7,13H2. The van der Waals surface area contributed by atoms with Crippen molar-refractivity contribution in [3.8, 4) is 0 Å². The fourth-order valence-electron chi connectivity index (χ4n) is 2.54. The molecule has 3 rings (SSSR count). The van der Waals surface area contributed by atoms with Crippen molar-refractivity contribution in [1.82, 2.24) is 5.17 Å². The van der Waals surface area contributed by atoms with Crippen LogP contribution in [0.4, 0.5) is 17.1 Å². The van der Waals surface area contributed by atoms with Crippen molar-refractivity contribution < 1.29 is 10.4 Å². The molecule has 0 atom stereocenters. The van der Waals surface area contributed by atoms with E-state index in [0.29, 0.717) is 21.7 Å². The monoisotopic (exact) mass is 248 g/mol. The van der Waals surface area contributed by atoms with E-state index in [1.165, 1.54) is 19.0 Å². The zero-order valence-corrected chi connectivity index (χ0v) is 9.95. The topological polar surface area (TPSA) is 76.2 Å². The Labute approximate surface area is 105 Å². The van der Waals surface area contributed by atoms with Crippen molar-refractivity contribution in [2.24, 2.45) is 0 Å². The van der Waals surface area contributed by atoms with Crippen LogP contribution in [-0.2, 0) is 0 Å². The molecule has 4 N–H and O–H groups in total. The summed E-state index contributed by atoms with van der Waals surface area (Å²) in [6, 6.07) is 3.72. The van der Waals surface area contributed by atoms with E-state index < -0.39 is 0 Å². The second-order valence-corrected chi connectivity index (χ2v) is 4.56. The summed E-state index contributed by atoms with van der Waals surface area (Å²) in [5, 5.41) is 20.6. The van der Waals surface area contributed by atoms with Gasteiger partial charge in [0.1, 0.15) is 5.69 Å². The Hall–Kier alpha value is -1.92. The number of nitrogens with zero attached hydrogens (tertiary/aromatic N) is 3. The number of hydroxylamine groups is 1. The van der Waals surface area contributed by atoms with Crippen LogP contribution in [0.2, 0.25) is 0 Å². The highest BCUT2D eigenvalue weighted by Gasteiger charge is 2.25. The van der Waals surface area contributed by atoms with Gasteiger partial charge in [0.05, 0.1) is 11.9 Å². The van der Waals surface area contributed by atoms with E-state index in [-0.39, 0.29) is 0 Å². The lowest BCUT2D eigenvalue weighted by Gasteiger charge is -2.32. The summed E-state index contributed by atoms with van der Waals surface area (Å²) in [5.74, 6) is 0. The summed E-state index contributed by atoms with van der Waals surface area (Å²) < 4.78 is 0. The van der Waals surface area contributed by atoms with Crippen molar-refractivity contribution in [2.45, 2.75) is 12.8 Å². The minimum atomic E-state index is 0.421. The molecule has 96 valence electrons. The number of rotatable bonds is 1. The van der Waals surface area contributed by atoms with Gasteiger partial charge in [-0.25, -0.2) is 0 Å².